The van der Waals surface area contributed by atoms with Gasteiger partial charge >= 0.3 is 0 Å². The average Bonchev–Trinajstić information content (AvgIpc) is 2.46. The Hall–Kier alpha value is -1.26. The van der Waals surface area contributed by atoms with Crippen LogP contribution in [0.25, 0.3) is 0 Å². The lowest BCUT2D eigenvalue weighted by Crippen LogP contribution is -2.40. The zero-order valence-corrected chi connectivity index (χ0v) is 12.0. The first-order chi connectivity index (χ1) is 9.69. The van der Waals surface area contributed by atoms with Gasteiger partial charge < -0.3 is 9.64 Å². The third-order valence-corrected chi connectivity index (χ3v) is 3.69. The Kier molecular flexibility index (Phi) is 5.68. The molecule has 1 saturated heterocycles. The normalized spacial score (nSPS) is 20.0. The first kappa shape index (κ1) is 15.1. The number of ether oxygens (including phenoxy) is 1. The number of Topliss-reactive ketones (excluding diaryl/α,β-unsaturated/α-hetero) is 1. The summed E-state index contributed by atoms with van der Waals surface area (Å²) < 4.78 is 18.5. The molecule has 1 aliphatic rings. The Bertz CT molecular complexity index is 431. The third kappa shape index (κ3) is 4.39. The second-order valence-electron chi connectivity index (χ2n) is 5.20. The Morgan fingerprint density at radius 2 is 2.15 bits per heavy atom. The molecule has 3 nitrogen and oxygen atoms in total. The first-order valence-electron chi connectivity index (χ1n) is 7.31. The van der Waals surface area contributed by atoms with E-state index in [9.17, 15) is 9.18 Å². The molecule has 4 heteroatoms. The summed E-state index contributed by atoms with van der Waals surface area (Å²) in [5, 5.41) is 0. The van der Waals surface area contributed by atoms with E-state index in [0.717, 1.165) is 39.1 Å². The lowest BCUT2D eigenvalue weighted by Gasteiger charge is -2.32. The molecule has 1 aromatic rings. The van der Waals surface area contributed by atoms with Crippen LogP contribution in [0.2, 0.25) is 0 Å². The van der Waals surface area contributed by atoms with Crippen LogP contribution in [0.4, 0.5) is 4.39 Å². The third-order valence-electron chi connectivity index (χ3n) is 3.69. The summed E-state index contributed by atoms with van der Waals surface area (Å²) in [7, 11) is 0. The largest absolute Gasteiger partial charge is 0.377 e. The highest BCUT2D eigenvalue weighted by Gasteiger charge is 2.20. The summed E-state index contributed by atoms with van der Waals surface area (Å²) in [6.07, 6.45) is 3.01. The van der Waals surface area contributed by atoms with Crippen LogP contribution in [0.3, 0.4) is 0 Å². The van der Waals surface area contributed by atoms with E-state index < -0.39 is 0 Å². The maximum absolute atomic E-state index is 12.8. The Labute approximate surface area is 119 Å². The van der Waals surface area contributed by atoms with E-state index in [2.05, 4.69) is 4.90 Å². The van der Waals surface area contributed by atoms with Gasteiger partial charge in [-0.25, -0.2) is 4.39 Å². The Morgan fingerprint density at radius 1 is 1.40 bits per heavy atom. The van der Waals surface area contributed by atoms with E-state index in [1.54, 1.807) is 12.1 Å². The molecule has 1 atom stereocenters. The summed E-state index contributed by atoms with van der Waals surface area (Å²) in [6, 6.07) is 5.77. The van der Waals surface area contributed by atoms with E-state index in [4.69, 9.17) is 4.74 Å². The second-order valence-corrected chi connectivity index (χ2v) is 5.20. The van der Waals surface area contributed by atoms with Crippen LogP contribution in [0.1, 0.15) is 36.5 Å². The molecule has 0 aliphatic carbocycles. The molecule has 0 saturated carbocycles. The van der Waals surface area contributed by atoms with Gasteiger partial charge in [0, 0.05) is 31.7 Å². The molecule has 1 fully saturated rings. The van der Waals surface area contributed by atoms with Crippen molar-refractivity contribution in [1.29, 1.82) is 0 Å². The molecule has 1 aromatic carbocycles. The van der Waals surface area contributed by atoms with Gasteiger partial charge in [0.15, 0.2) is 5.78 Å². The van der Waals surface area contributed by atoms with E-state index in [1.165, 1.54) is 12.1 Å². The van der Waals surface area contributed by atoms with Gasteiger partial charge in [0.2, 0.25) is 0 Å². The molecule has 20 heavy (non-hydrogen) atoms. The predicted octanol–water partition coefficient (Wildman–Crippen LogP) is 2.90. The van der Waals surface area contributed by atoms with Gasteiger partial charge in [-0.2, -0.15) is 0 Å². The zero-order chi connectivity index (χ0) is 14.4. The molecule has 0 radical (unpaired) electrons. The lowest BCUT2D eigenvalue weighted by molar-refractivity contribution is 0.00589. The van der Waals surface area contributed by atoms with Crippen LogP contribution in [-0.4, -0.2) is 43.0 Å². The monoisotopic (exact) mass is 279 g/mol. The van der Waals surface area contributed by atoms with Crippen molar-refractivity contribution in [3.05, 3.63) is 35.6 Å². The number of carbonyl (C=O) groups excluding carboxylic acids is 1. The summed E-state index contributed by atoms with van der Waals surface area (Å²) >= 11 is 0. The fourth-order valence-corrected chi connectivity index (χ4v) is 2.63. The van der Waals surface area contributed by atoms with Crippen molar-refractivity contribution >= 4 is 5.78 Å². The van der Waals surface area contributed by atoms with Gasteiger partial charge in [-0.1, -0.05) is 0 Å². The minimum atomic E-state index is -0.308. The van der Waals surface area contributed by atoms with Crippen LogP contribution in [0.15, 0.2) is 24.3 Å². The molecular formula is C16H22FNO2. The van der Waals surface area contributed by atoms with Crippen LogP contribution < -0.4 is 0 Å². The van der Waals surface area contributed by atoms with Crippen molar-refractivity contribution < 1.29 is 13.9 Å². The highest BCUT2D eigenvalue weighted by atomic mass is 19.1. The van der Waals surface area contributed by atoms with Gasteiger partial charge in [0.1, 0.15) is 5.82 Å². The van der Waals surface area contributed by atoms with E-state index in [0.29, 0.717) is 18.1 Å². The molecule has 0 aromatic heterocycles. The number of rotatable bonds is 6. The Morgan fingerprint density at radius 3 is 2.85 bits per heavy atom. The quantitative estimate of drug-likeness (QED) is 0.750. The standard InChI is InChI=1S/C16H22FNO2/c1-2-20-15-4-3-10-18(12-15)11-9-16(19)13-5-7-14(17)8-6-13/h5-8,15H,2-4,9-12H2,1H3. The van der Waals surface area contributed by atoms with E-state index >= 15 is 0 Å². The maximum atomic E-state index is 12.8. The van der Waals surface area contributed by atoms with Gasteiger partial charge in [-0.05, 0) is 50.6 Å². The SMILES string of the molecule is CCOC1CCCN(CCC(=O)c2ccc(F)cc2)C1. The molecule has 0 spiro atoms. The molecule has 0 amide bonds. The predicted molar refractivity (Wildman–Crippen MR) is 76.4 cm³/mol. The van der Waals surface area contributed by atoms with Crippen LogP contribution >= 0.6 is 0 Å². The van der Waals surface area contributed by atoms with E-state index in [1.807, 2.05) is 6.92 Å². The second kappa shape index (κ2) is 7.50. The highest BCUT2D eigenvalue weighted by molar-refractivity contribution is 5.96. The Balaban J connectivity index is 1.79. The molecule has 110 valence electrons. The lowest BCUT2D eigenvalue weighted by atomic mass is 10.1. The van der Waals surface area contributed by atoms with Crippen molar-refractivity contribution in [2.45, 2.75) is 32.3 Å². The first-order valence-corrected chi connectivity index (χ1v) is 7.31. The molecule has 1 unspecified atom stereocenters. The summed E-state index contributed by atoms with van der Waals surface area (Å²) in [5.41, 5.74) is 0.588. The fraction of sp³-hybridized carbons (Fsp3) is 0.562. The summed E-state index contributed by atoms with van der Waals surface area (Å²) in [4.78, 5) is 14.3. The fourth-order valence-electron chi connectivity index (χ4n) is 2.63. The number of benzene rings is 1. The number of likely N-dealkylation sites (tertiary alicyclic amines) is 1. The van der Waals surface area contributed by atoms with Crippen molar-refractivity contribution in [3.8, 4) is 0 Å². The minimum Gasteiger partial charge on any atom is -0.377 e. The molecule has 0 N–H and O–H groups in total. The zero-order valence-electron chi connectivity index (χ0n) is 12.0. The van der Waals surface area contributed by atoms with Crippen LogP contribution in [0, 0.1) is 5.82 Å². The van der Waals surface area contributed by atoms with Gasteiger partial charge in [-0.3, -0.25) is 4.79 Å². The molecule has 1 heterocycles. The van der Waals surface area contributed by atoms with Gasteiger partial charge in [0.25, 0.3) is 0 Å². The van der Waals surface area contributed by atoms with Crippen LogP contribution in [0.5, 0.6) is 0 Å². The van der Waals surface area contributed by atoms with Crippen LogP contribution in [-0.2, 0) is 4.74 Å². The highest BCUT2D eigenvalue weighted by Crippen LogP contribution is 2.14. The average molecular weight is 279 g/mol. The van der Waals surface area contributed by atoms with Gasteiger partial charge in [-0.15, -0.1) is 0 Å². The molecule has 2 rings (SSSR count). The number of nitrogens with zero attached hydrogens (tertiary/aromatic N) is 1. The minimum absolute atomic E-state index is 0.0727. The number of hydrogen-bond donors (Lipinski definition) is 0. The van der Waals surface area contributed by atoms with Crippen molar-refractivity contribution in [2.75, 3.05) is 26.2 Å². The maximum Gasteiger partial charge on any atom is 0.164 e. The number of hydrogen-bond acceptors (Lipinski definition) is 3. The number of piperidine rings is 1. The molecular weight excluding hydrogens is 257 g/mol. The number of ketones is 1. The van der Waals surface area contributed by atoms with Gasteiger partial charge in [0.05, 0.1) is 6.10 Å². The van der Waals surface area contributed by atoms with Crippen molar-refractivity contribution in [2.24, 2.45) is 0 Å². The van der Waals surface area contributed by atoms with Crippen molar-refractivity contribution in [1.82, 2.24) is 4.90 Å². The summed E-state index contributed by atoms with van der Waals surface area (Å²) in [5.74, 6) is -0.235. The number of halogens is 1. The topological polar surface area (TPSA) is 29.5 Å². The molecule has 1 aliphatic heterocycles. The number of carbonyl (C=O) groups is 1. The van der Waals surface area contributed by atoms with E-state index in [-0.39, 0.29) is 11.6 Å². The summed E-state index contributed by atoms with van der Waals surface area (Å²) in [6.45, 7) is 5.44. The molecule has 0 bridgehead atoms. The smallest absolute Gasteiger partial charge is 0.164 e. The van der Waals surface area contributed by atoms with Crippen molar-refractivity contribution in [3.63, 3.8) is 0 Å².